The SMILES string of the molecule is CCOc1ccccc1NC(=O)C(C)Sc1cccc(NC(=O)Cc2ccc(Cl)cc2)c1. The van der Waals surface area contributed by atoms with E-state index in [0.29, 0.717) is 28.8 Å². The van der Waals surface area contributed by atoms with Crippen LogP contribution >= 0.6 is 23.4 Å². The van der Waals surface area contributed by atoms with Gasteiger partial charge < -0.3 is 15.4 Å². The monoisotopic (exact) mass is 468 g/mol. The fourth-order valence-corrected chi connectivity index (χ4v) is 4.04. The van der Waals surface area contributed by atoms with Crippen LogP contribution < -0.4 is 15.4 Å². The Hall–Kier alpha value is -2.96. The van der Waals surface area contributed by atoms with E-state index in [4.69, 9.17) is 16.3 Å². The number of rotatable bonds is 9. The van der Waals surface area contributed by atoms with Gasteiger partial charge in [-0.3, -0.25) is 9.59 Å². The summed E-state index contributed by atoms with van der Waals surface area (Å²) in [6.45, 7) is 4.26. The first kappa shape index (κ1) is 23.7. The number of para-hydroxylation sites is 2. The molecule has 0 spiro atoms. The summed E-state index contributed by atoms with van der Waals surface area (Å²) in [5.41, 5.74) is 2.22. The molecule has 0 saturated heterocycles. The predicted molar refractivity (Wildman–Crippen MR) is 132 cm³/mol. The van der Waals surface area contributed by atoms with E-state index in [1.54, 1.807) is 12.1 Å². The lowest BCUT2D eigenvalue weighted by molar-refractivity contribution is -0.116. The third-order valence-electron chi connectivity index (χ3n) is 4.52. The number of hydrogen-bond acceptors (Lipinski definition) is 4. The van der Waals surface area contributed by atoms with Crippen molar-refractivity contribution >= 4 is 46.6 Å². The highest BCUT2D eigenvalue weighted by molar-refractivity contribution is 8.00. The Morgan fingerprint density at radius 2 is 1.75 bits per heavy atom. The molecule has 0 aromatic heterocycles. The topological polar surface area (TPSA) is 67.4 Å². The minimum Gasteiger partial charge on any atom is -0.492 e. The van der Waals surface area contributed by atoms with Gasteiger partial charge in [-0.25, -0.2) is 0 Å². The molecule has 0 aliphatic carbocycles. The van der Waals surface area contributed by atoms with E-state index in [0.717, 1.165) is 10.5 Å². The fourth-order valence-electron chi connectivity index (χ4n) is 2.98. The summed E-state index contributed by atoms with van der Waals surface area (Å²) in [7, 11) is 0. The van der Waals surface area contributed by atoms with E-state index >= 15 is 0 Å². The zero-order valence-corrected chi connectivity index (χ0v) is 19.5. The van der Waals surface area contributed by atoms with Crippen LogP contribution in [0.25, 0.3) is 0 Å². The number of nitrogens with one attached hydrogen (secondary N) is 2. The zero-order chi connectivity index (χ0) is 22.9. The maximum atomic E-state index is 12.7. The van der Waals surface area contributed by atoms with Crippen molar-refractivity contribution in [3.05, 3.63) is 83.4 Å². The van der Waals surface area contributed by atoms with Gasteiger partial charge >= 0.3 is 0 Å². The van der Waals surface area contributed by atoms with Crippen molar-refractivity contribution in [2.75, 3.05) is 17.2 Å². The minimum atomic E-state index is -0.343. The third-order valence-corrected chi connectivity index (χ3v) is 5.87. The lowest BCUT2D eigenvalue weighted by atomic mass is 10.1. The lowest BCUT2D eigenvalue weighted by Crippen LogP contribution is -2.22. The van der Waals surface area contributed by atoms with Gasteiger partial charge in [0.1, 0.15) is 5.75 Å². The molecule has 3 rings (SSSR count). The van der Waals surface area contributed by atoms with Gasteiger partial charge in [-0.2, -0.15) is 0 Å². The molecule has 0 saturated carbocycles. The first-order valence-electron chi connectivity index (χ1n) is 10.3. The van der Waals surface area contributed by atoms with Crippen molar-refractivity contribution in [1.29, 1.82) is 0 Å². The molecule has 2 amide bonds. The van der Waals surface area contributed by atoms with E-state index in [1.807, 2.05) is 74.5 Å². The van der Waals surface area contributed by atoms with Crippen LogP contribution in [0.5, 0.6) is 5.75 Å². The van der Waals surface area contributed by atoms with Gasteiger partial charge in [0.15, 0.2) is 0 Å². The normalized spacial score (nSPS) is 11.5. The van der Waals surface area contributed by atoms with Crippen LogP contribution in [0.3, 0.4) is 0 Å². The summed E-state index contributed by atoms with van der Waals surface area (Å²) >= 11 is 7.31. The second-order valence-electron chi connectivity index (χ2n) is 7.06. The van der Waals surface area contributed by atoms with Crippen molar-refractivity contribution in [1.82, 2.24) is 0 Å². The first-order valence-corrected chi connectivity index (χ1v) is 11.5. The number of thioether (sulfide) groups is 1. The quantitative estimate of drug-likeness (QED) is 0.376. The van der Waals surface area contributed by atoms with Crippen molar-refractivity contribution in [3.63, 3.8) is 0 Å². The summed E-state index contributed by atoms with van der Waals surface area (Å²) in [5.74, 6) is 0.401. The highest BCUT2D eigenvalue weighted by Crippen LogP contribution is 2.29. The van der Waals surface area contributed by atoms with Crippen LogP contribution in [-0.4, -0.2) is 23.7 Å². The number of carbonyl (C=O) groups excluding carboxylic acids is 2. The molecule has 166 valence electrons. The second kappa shape index (κ2) is 11.6. The minimum absolute atomic E-state index is 0.118. The van der Waals surface area contributed by atoms with Crippen LogP contribution in [-0.2, 0) is 16.0 Å². The summed E-state index contributed by atoms with van der Waals surface area (Å²) in [6, 6.07) is 22.0. The number of benzene rings is 3. The Balaban J connectivity index is 1.58. The van der Waals surface area contributed by atoms with Gasteiger partial charge in [0, 0.05) is 15.6 Å². The van der Waals surface area contributed by atoms with Crippen molar-refractivity contribution in [2.45, 2.75) is 30.4 Å². The number of hydrogen-bond donors (Lipinski definition) is 2. The van der Waals surface area contributed by atoms with Gasteiger partial charge in [0.25, 0.3) is 0 Å². The molecule has 3 aromatic carbocycles. The van der Waals surface area contributed by atoms with E-state index < -0.39 is 0 Å². The predicted octanol–water partition coefficient (Wildman–Crippen LogP) is 6.04. The molecule has 0 aliphatic heterocycles. The van der Waals surface area contributed by atoms with Crippen molar-refractivity contribution < 1.29 is 14.3 Å². The molecule has 1 atom stereocenters. The fraction of sp³-hybridized carbons (Fsp3) is 0.200. The van der Waals surface area contributed by atoms with Gasteiger partial charge in [-0.1, -0.05) is 41.9 Å². The van der Waals surface area contributed by atoms with Crippen molar-refractivity contribution in [2.24, 2.45) is 0 Å². The number of halogens is 1. The van der Waals surface area contributed by atoms with Crippen LogP contribution in [0.1, 0.15) is 19.4 Å². The molecule has 0 heterocycles. The molecule has 32 heavy (non-hydrogen) atoms. The lowest BCUT2D eigenvalue weighted by Gasteiger charge is -2.15. The molecular formula is C25H25ClN2O3S. The highest BCUT2D eigenvalue weighted by Gasteiger charge is 2.17. The maximum absolute atomic E-state index is 12.7. The number of anilines is 2. The molecular weight excluding hydrogens is 444 g/mol. The first-order chi connectivity index (χ1) is 15.4. The standard InChI is InChI=1S/C25H25ClN2O3S/c1-3-31-23-10-5-4-9-22(23)28-25(30)17(2)32-21-8-6-7-20(16-21)27-24(29)15-18-11-13-19(26)14-12-18/h4-14,16-17H,3,15H2,1-2H3,(H,27,29)(H,28,30). The summed E-state index contributed by atoms with van der Waals surface area (Å²) in [5, 5.41) is 6.13. The Morgan fingerprint density at radius 3 is 2.50 bits per heavy atom. The number of amides is 2. The third kappa shape index (κ3) is 7.04. The summed E-state index contributed by atoms with van der Waals surface area (Å²) < 4.78 is 5.57. The molecule has 0 fully saturated rings. The van der Waals surface area contributed by atoms with E-state index in [9.17, 15) is 9.59 Å². The molecule has 0 aliphatic rings. The maximum Gasteiger partial charge on any atom is 0.237 e. The van der Waals surface area contributed by atoms with E-state index in [-0.39, 0.29) is 23.5 Å². The molecule has 2 N–H and O–H groups in total. The summed E-state index contributed by atoms with van der Waals surface area (Å²) in [4.78, 5) is 26.0. The average molecular weight is 469 g/mol. The van der Waals surface area contributed by atoms with E-state index in [1.165, 1.54) is 11.8 Å². The molecule has 7 heteroatoms. The summed E-state index contributed by atoms with van der Waals surface area (Å²) in [6.07, 6.45) is 0.257. The molecule has 5 nitrogen and oxygen atoms in total. The van der Waals surface area contributed by atoms with Gasteiger partial charge in [-0.15, -0.1) is 11.8 Å². The van der Waals surface area contributed by atoms with Crippen LogP contribution in [0, 0.1) is 0 Å². The smallest absolute Gasteiger partial charge is 0.237 e. The number of ether oxygens (including phenoxy) is 1. The van der Waals surface area contributed by atoms with Crippen LogP contribution in [0.4, 0.5) is 11.4 Å². The van der Waals surface area contributed by atoms with Gasteiger partial charge in [0.05, 0.1) is 24.0 Å². The molecule has 0 radical (unpaired) electrons. The van der Waals surface area contributed by atoms with Crippen LogP contribution in [0.2, 0.25) is 5.02 Å². The Kier molecular flexibility index (Phi) is 8.59. The Morgan fingerprint density at radius 1 is 1.00 bits per heavy atom. The molecule has 0 bridgehead atoms. The van der Waals surface area contributed by atoms with Crippen LogP contribution in [0.15, 0.2) is 77.7 Å². The zero-order valence-electron chi connectivity index (χ0n) is 17.9. The van der Waals surface area contributed by atoms with Gasteiger partial charge in [0.2, 0.25) is 11.8 Å². The number of carbonyl (C=O) groups is 2. The largest absolute Gasteiger partial charge is 0.492 e. The highest BCUT2D eigenvalue weighted by atomic mass is 35.5. The van der Waals surface area contributed by atoms with Crippen molar-refractivity contribution in [3.8, 4) is 5.75 Å². The van der Waals surface area contributed by atoms with Gasteiger partial charge in [-0.05, 0) is 61.9 Å². The molecule has 3 aromatic rings. The second-order valence-corrected chi connectivity index (χ2v) is 8.91. The molecule has 1 unspecified atom stereocenters. The van der Waals surface area contributed by atoms with E-state index in [2.05, 4.69) is 10.6 Å². The Bertz CT molecular complexity index is 1070. The average Bonchev–Trinajstić information content (AvgIpc) is 2.77. The Labute approximate surface area is 197 Å².